The number of imide groups is 1. The molecule has 2 unspecified atom stereocenters. The zero-order valence-electron chi connectivity index (χ0n) is 8.94. The summed E-state index contributed by atoms with van der Waals surface area (Å²) < 4.78 is 0. The smallest absolute Gasteiger partial charge is 0.233 e. The quantitative estimate of drug-likeness (QED) is 0.209. The molecule has 88 valence electrons. The lowest BCUT2D eigenvalue weighted by Gasteiger charge is -2.15. The Morgan fingerprint density at radius 3 is 2.50 bits per heavy atom. The minimum atomic E-state index is -0.220. The lowest BCUT2D eigenvalue weighted by Crippen LogP contribution is -2.34. The number of rotatable bonds is 5. The van der Waals surface area contributed by atoms with Crippen molar-refractivity contribution < 1.29 is 14.4 Å². The van der Waals surface area contributed by atoms with E-state index in [2.05, 4.69) is 0 Å². The lowest BCUT2D eigenvalue weighted by atomic mass is 10.2. The monoisotopic (exact) mass is 225 g/mol. The Labute approximate surface area is 93.1 Å². The highest BCUT2D eigenvalue weighted by atomic mass is 16.2. The van der Waals surface area contributed by atoms with Crippen LogP contribution in [0.15, 0.2) is 0 Å². The van der Waals surface area contributed by atoms with Gasteiger partial charge in [0.05, 0.1) is 11.8 Å². The van der Waals surface area contributed by atoms with Crippen molar-refractivity contribution in [2.75, 3.05) is 6.54 Å². The third-order valence-corrected chi connectivity index (χ3v) is 3.15. The molecule has 2 rings (SSSR count). The van der Waals surface area contributed by atoms with E-state index in [4.69, 9.17) is 5.84 Å². The molecule has 2 fully saturated rings. The summed E-state index contributed by atoms with van der Waals surface area (Å²) in [5, 5.41) is 0. The fraction of sp³-hybridized carbons (Fsp3) is 0.700. The molecule has 1 saturated carbocycles. The second kappa shape index (κ2) is 4.21. The van der Waals surface area contributed by atoms with Crippen LogP contribution in [0.2, 0.25) is 0 Å². The van der Waals surface area contributed by atoms with E-state index >= 15 is 0 Å². The van der Waals surface area contributed by atoms with Gasteiger partial charge in [-0.25, -0.2) is 5.84 Å². The van der Waals surface area contributed by atoms with Gasteiger partial charge in [-0.05, 0) is 19.3 Å². The first-order valence-corrected chi connectivity index (χ1v) is 5.50. The summed E-state index contributed by atoms with van der Waals surface area (Å²) >= 11 is 0. The Balaban J connectivity index is 1.69. The second-order valence-electron chi connectivity index (χ2n) is 4.30. The molecule has 3 N–H and O–H groups in total. The van der Waals surface area contributed by atoms with Gasteiger partial charge in [0.25, 0.3) is 0 Å². The van der Waals surface area contributed by atoms with Crippen molar-refractivity contribution in [1.29, 1.82) is 0 Å². The summed E-state index contributed by atoms with van der Waals surface area (Å²) in [7, 11) is 0. The first-order chi connectivity index (χ1) is 7.65. The van der Waals surface area contributed by atoms with Gasteiger partial charge in [-0.3, -0.25) is 24.7 Å². The molecule has 2 atom stereocenters. The van der Waals surface area contributed by atoms with Gasteiger partial charge in [-0.2, -0.15) is 0 Å². The number of unbranched alkanes of at least 4 members (excludes halogenated alkanes) is 1. The topological polar surface area (TPSA) is 92.5 Å². The van der Waals surface area contributed by atoms with Crippen LogP contribution in [0.1, 0.15) is 25.7 Å². The fourth-order valence-corrected chi connectivity index (χ4v) is 2.10. The van der Waals surface area contributed by atoms with Crippen LogP contribution < -0.4 is 11.3 Å². The van der Waals surface area contributed by atoms with Gasteiger partial charge in [0.1, 0.15) is 0 Å². The van der Waals surface area contributed by atoms with E-state index in [1.54, 1.807) is 0 Å². The molecular formula is C10H15N3O3. The highest BCUT2D eigenvalue weighted by molar-refractivity contribution is 6.08. The van der Waals surface area contributed by atoms with Crippen LogP contribution in [0.3, 0.4) is 0 Å². The molecule has 2 aliphatic rings. The maximum absolute atomic E-state index is 11.5. The number of fused-ring (bicyclic) bond motifs is 1. The van der Waals surface area contributed by atoms with Gasteiger partial charge >= 0.3 is 0 Å². The zero-order chi connectivity index (χ0) is 11.7. The fourth-order valence-electron chi connectivity index (χ4n) is 2.10. The SMILES string of the molecule is NNC(=O)CCCCN1C(=O)C2CC2C1=O. The third kappa shape index (κ3) is 1.92. The Hall–Kier alpha value is -1.43. The summed E-state index contributed by atoms with van der Waals surface area (Å²) in [6.07, 6.45) is 2.36. The van der Waals surface area contributed by atoms with Gasteiger partial charge < -0.3 is 0 Å². The summed E-state index contributed by atoms with van der Waals surface area (Å²) in [6, 6.07) is 0. The van der Waals surface area contributed by atoms with Crippen LogP contribution in [0, 0.1) is 11.8 Å². The van der Waals surface area contributed by atoms with E-state index in [-0.39, 0.29) is 29.6 Å². The van der Waals surface area contributed by atoms with E-state index in [1.807, 2.05) is 5.43 Å². The molecule has 0 bridgehead atoms. The summed E-state index contributed by atoms with van der Waals surface area (Å²) in [5.41, 5.74) is 2.04. The average molecular weight is 225 g/mol. The normalized spacial score (nSPS) is 26.9. The Bertz CT molecular complexity index is 322. The maximum atomic E-state index is 11.5. The lowest BCUT2D eigenvalue weighted by molar-refractivity contribution is -0.141. The van der Waals surface area contributed by atoms with Crippen LogP contribution >= 0.6 is 0 Å². The van der Waals surface area contributed by atoms with E-state index in [9.17, 15) is 14.4 Å². The van der Waals surface area contributed by atoms with Crippen LogP contribution in [-0.4, -0.2) is 29.2 Å². The van der Waals surface area contributed by atoms with Crippen molar-refractivity contribution in [3.8, 4) is 0 Å². The minimum Gasteiger partial charge on any atom is -0.294 e. The van der Waals surface area contributed by atoms with Crippen molar-refractivity contribution in [3.63, 3.8) is 0 Å². The van der Waals surface area contributed by atoms with Crippen molar-refractivity contribution in [1.82, 2.24) is 10.3 Å². The molecule has 0 aromatic rings. The number of nitrogens with two attached hydrogens (primary N) is 1. The number of piperidine rings is 1. The van der Waals surface area contributed by atoms with Gasteiger partial charge in [0.15, 0.2) is 0 Å². The number of likely N-dealkylation sites (tertiary alicyclic amines) is 1. The number of carbonyl (C=O) groups excluding carboxylic acids is 3. The predicted octanol–water partition coefficient (Wildman–Crippen LogP) is -0.849. The average Bonchev–Trinajstić information content (AvgIpc) is 3.02. The highest BCUT2D eigenvalue weighted by Gasteiger charge is 2.58. The standard InChI is InChI=1S/C10H15N3O3/c11-12-8(14)3-1-2-4-13-9(15)6-5-7(6)10(13)16/h6-7H,1-5,11H2,(H,12,14). The molecule has 0 radical (unpaired) electrons. The predicted molar refractivity (Wildman–Crippen MR) is 54.5 cm³/mol. The summed E-state index contributed by atoms with van der Waals surface area (Å²) in [5.74, 6) is 4.59. The highest BCUT2D eigenvalue weighted by Crippen LogP contribution is 2.46. The van der Waals surface area contributed by atoms with E-state index < -0.39 is 0 Å². The summed E-state index contributed by atoms with van der Waals surface area (Å²) in [6.45, 7) is 0.433. The van der Waals surface area contributed by atoms with Crippen LogP contribution in [0.25, 0.3) is 0 Å². The minimum absolute atomic E-state index is 0.0279. The molecule has 1 aliphatic carbocycles. The van der Waals surface area contributed by atoms with E-state index in [1.165, 1.54) is 4.90 Å². The van der Waals surface area contributed by atoms with Crippen LogP contribution in [-0.2, 0) is 14.4 Å². The largest absolute Gasteiger partial charge is 0.294 e. The van der Waals surface area contributed by atoms with E-state index in [0.717, 1.165) is 6.42 Å². The van der Waals surface area contributed by atoms with Crippen molar-refractivity contribution in [2.24, 2.45) is 17.7 Å². The number of amides is 3. The summed E-state index contributed by atoms with van der Waals surface area (Å²) in [4.78, 5) is 35.2. The van der Waals surface area contributed by atoms with Crippen molar-refractivity contribution in [3.05, 3.63) is 0 Å². The number of nitrogens with one attached hydrogen (secondary N) is 1. The Kier molecular flexibility index (Phi) is 2.91. The van der Waals surface area contributed by atoms with Crippen molar-refractivity contribution in [2.45, 2.75) is 25.7 Å². The van der Waals surface area contributed by atoms with E-state index in [0.29, 0.717) is 25.8 Å². The van der Waals surface area contributed by atoms with Crippen molar-refractivity contribution >= 4 is 17.7 Å². The van der Waals surface area contributed by atoms with Gasteiger partial charge in [-0.15, -0.1) is 0 Å². The molecular weight excluding hydrogens is 210 g/mol. The zero-order valence-corrected chi connectivity index (χ0v) is 8.94. The van der Waals surface area contributed by atoms with Crippen LogP contribution in [0.5, 0.6) is 0 Å². The molecule has 1 aliphatic heterocycles. The number of hydrogen-bond donors (Lipinski definition) is 2. The molecule has 1 heterocycles. The molecule has 16 heavy (non-hydrogen) atoms. The Morgan fingerprint density at radius 1 is 1.31 bits per heavy atom. The maximum Gasteiger partial charge on any atom is 0.233 e. The first kappa shape index (κ1) is 11.1. The number of hydrazine groups is 1. The molecule has 6 nitrogen and oxygen atoms in total. The van der Waals surface area contributed by atoms with Gasteiger partial charge in [0.2, 0.25) is 17.7 Å². The molecule has 3 amide bonds. The first-order valence-electron chi connectivity index (χ1n) is 5.50. The van der Waals surface area contributed by atoms with Gasteiger partial charge in [-0.1, -0.05) is 0 Å². The van der Waals surface area contributed by atoms with Crippen LogP contribution in [0.4, 0.5) is 0 Å². The molecule has 6 heteroatoms. The number of nitrogens with zero attached hydrogens (tertiary/aromatic N) is 1. The van der Waals surface area contributed by atoms with Gasteiger partial charge in [0, 0.05) is 13.0 Å². The number of carbonyl (C=O) groups is 3. The molecule has 0 aromatic heterocycles. The third-order valence-electron chi connectivity index (χ3n) is 3.15. The second-order valence-corrected chi connectivity index (χ2v) is 4.30. The molecule has 0 spiro atoms. The Morgan fingerprint density at radius 2 is 1.94 bits per heavy atom. The molecule has 1 saturated heterocycles. The number of hydrogen-bond acceptors (Lipinski definition) is 4. The molecule has 0 aromatic carbocycles.